The largest absolute Gasteiger partial charge is 0.417 e. The molecule has 150 valence electrons. The van der Waals surface area contributed by atoms with Gasteiger partial charge < -0.3 is 16.0 Å². The van der Waals surface area contributed by atoms with E-state index in [4.69, 9.17) is 0 Å². The van der Waals surface area contributed by atoms with Crippen molar-refractivity contribution >= 4 is 17.8 Å². The molecule has 29 heavy (non-hydrogen) atoms. The highest BCUT2D eigenvalue weighted by atomic mass is 19.4. The van der Waals surface area contributed by atoms with E-state index in [1.807, 2.05) is 6.92 Å². The number of carbonyl (C=O) groups excluding carboxylic acids is 1. The van der Waals surface area contributed by atoms with Crippen LogP contribution >= 0.6 is 0 Å². The summed E-state index contributed by atoms with van der Waals surface area (Å²) in [5.74, 6) is -0.155. The van der Waals surface area contributed by atoms with Crippen LogP contribution in [0.15, 0.2) is 70.4 Å². The van der Waals surface area contributed by atoms with Gasteiger partial charge in [-0.25, -0.2) is 5.01 Å². The number of hydrazone groups is 1. The molecule has 1 aromatic carbocycles. The number of aliphatic imine (C=N–C) groups is 1. The quantitative estimate of drug-likeness (QED) is 0.723. The van der Waals surface area contributed by atoms with Crippen LogP contribution in [-0.4, -0.2) is 35.0 Å². The average molecular weight is 402 g/mol. The Morgan fingerprint density at radius 2 is 2.00 bits per heavy atom. The summed E-state index contributed by atoms with van der Waals surface area (Å²) in [6.07, 6.45) is 2.93. The van der Waals surface area contributed by atoms with E-state index in [0.29, 0.717) is 5.82 Å². The number of amides is 1. The molecular weight excluding hydrogens is 385 g/mol. The standard InChI is InChI=1S/C19H17F3N6O/c1-11-8-24-15(9-23-11)18(29)26-17-10-25-16-7-6-14(27-28(16)17)12-4-2-3-5-13(12)19(20,21)22/h2-11,16,23,25H,1H3,(H,26,29). The fourth-order valence-corrected chi connectivity index (χ4v) is 3.01. The SMILES string of the molecule is CC1C=NC(C(=O)NC2=CNC3C=CC(c4ccccc4C(F)(F)F)=NN23)=CN1. The number of halogens is 3. The van der Waals surface area contributed by atoms with E-state index < -0.39 is 23.8 Å². The third-order valence-electron chi connectivity index (χ3n) is 4.46. The molecule has 0 saturated carbocycles. The number of hydrogen-bond donors (Lipinski definition) is 3. The molecule has 3 heterocycles. The molecule has 7 nitrogen and oxygen atoms in total. The molecule has 0 spiro atoms. The molecule has 4 rings (SSSR count). The first-order valence-electron chi connectivity index (χ1n) is 8.83. The fourth-order valence-electron chi connectivity index (χ4n) is 3.01. The van der Waals surface area contributed by atoms with Gasteiger partial charge in [0.15, 0.2) is 0 Å². The molecule has 0 saturated heterocycles. The summed E-state index contributed by atoms with van der Waals surface area (Å²) in [6.45, 7) is 1.89. The second-order valence-corrected chi connectivity index (χ2v) is 6.59. The number of allylic oxidation sites excluding steroid dienone is 1. The topological polar surface area (TPSA) is 81.1 Å². The molecule has 3 aliphatic heterocycles. The van der Waals surface area contributed by atoms with Crippen LogP contribution in [0.25, 0.3) is 0 Å². The number of nitrogens with one attached hydrogen (secondary N) is 3. The van der Waals surface area contributed by atoms with Gasteiger partial charge in [0.2, 0.25) is 0 Å². The van der Waals surface area contributed by atoms with Crippen molar-refractivity contribution < 1.29 is 18.0 Å². The highest BCUT2D eigenvalue weighted by molar-refractivity contribution is 6.10. The van der Waals surface area contributed by atoms with E-state index in [1.54, 1.807) is 12.3 Å². The number of carbonyl (C=O) groups is 1. The molecule has 10 heteroatoms. The lowest BCUT2D eigenvalue weighted by Crippen LogP contribution is -2.40. The lowest BCUT2D eigenvalue weighted by Gasteiger charge is -2.26. The summed E-state index contributed by atoms with van der Waals surface area (Å²) in [6, 6.07) is 5.26. The Kier molecular flexibility index (Phi) is 4.61. The third kappa shape index (κ3) is 3.73. The fraction of sp³-hybridized carbons (Fsp3) is 0.211. The maximum absolute atomic E-state index is 13.4. The van der Waals surface area contributed by atoms with Gasteiger partial charge in [0.1, 0.15) is 17.7 Å². The Labute approximate surface area is 164 Å². The van der Waals surface area contributed by atoms with Gasteiger partial charge in [0.25, 0.3) is 5.91 Å². The summed E-state index contributed by atoms with van der Waals surface area (Å²) in [5, 5.41) is 14.4. The molecule has 2 unspecified atom stereocenters. The molecule has 0 fully saturated rings. The van der Waals surface area contributed by atoms with Gasteiger partial charge in [0, 0.05) is 24.2 Å². The maximum Gasteiger partial charge on any atom is 0.417 e. The number of nitrogens with zero attached hydrogens (tertiary/aromatic N) is 3. The molecule has 3 aliphatic rings. The van der Waals surface area contributed by atoms with Crippen molar-refractivity contribution in [2.45, 2.75) is 25.3 Å². The molecule has 0 aromatic heterocycles. The van der Waals surface area contributed by atoms with Crippen molar-refractivity contribution in [3.63, 3.8) is 0 Å². The first kappa shape index (κ1) is 18.8. The van der Waals surface area contributed by atoms with Crippen LogP contribution in [0.1, 0.15) is 18.1 Å². The van der Waals surface area contributed by atoms with Gasteiger partial charge in [-0.2, -0.15) is 18.3 Å². The monoisotopic (exact) mass is 402 g/mol. The number of hydrogen-bond acceptors (Lipinski definition) is 6. The highest BCUT2D eigenvalue weighted by Crippen LogP contribution is 2.33. The van der Waals surface area contributed by atoms with E-state index in [2.05, 4.69) is 26.0 Å². The first-order chi connectivity index (χ1) is 13.8. The van der Waals surface area contributed by atoms with Crippen molar-refractivity contribution in [1.29, 1.82) is 0 Å². The third-order valence-corrected chi connectivity index (χ3v) is 4.46. The summed E-state index contributed by atoms with van der Waals surface area (Å²) in [5.41, 5.74) is -0.481. The Morgan fingerprint density at radius 3 is 2.72 bits per heavy atom. The van der Waals surface area contributed by atoms with Crippen molar-refractivity contribution in [3.05, 3.63) is 71.5 Å². The van der Waals surface area contributed by atoms with Crippen molar-refractivity contribution in [1.82, 2.24) is 21.0 Å². The summed E-state index contributed by atoms with van der Waals surface area (Å²) < 4.78 is 40.1. The number of benzene rings is 1. The lowest BCUT2D eigenvalue weighted by atomic mass is 10.0. The van der Waals surface area contributed by atoms with Gasteiger partial charge >= 0.3 is 6.18 Å². The minimum atomic E-state index is -4.50. The minimum Gasteiger partial charge on any atom is -0.382 e. The zero-order chi connectivity index (χ0) is 20.6. The minimum absolute atomic E-state index is 0.0244. The summed E-state index contributed by atoms with van der Waals surface area (Å²) in [7, 11) is 0. The number of rotatable bonds is 3. The maximum atomic E-state index is 13.4. The number of alkyl halides is 3. The Morgan fingerprint density at radius 1 is 1.21 bits per heavy atom. The zero-order valence-corrected chi connectivity index (χ0v) is 15.2. The molecule has 0 aliphatic carbocycles. The summed E-state index contributed by atoms with van der Waals surface area (Å²) in [4.78, 5) is 16.5. The molecule has 3 N–H and O–H groups in total. The molecule has 1 aromatic rings. The Bertz CT molecular complexity index is 992. The molecule has 2 atom stereocenters. The Balaban J connectivity index is 1.57. The lowest BCUT2D eigenvalue weighted by molar-refractivity contribution is -0.137. The molecule has 0 bridgehead atoms. The molecular formula is C19H17F3N6O. The Hall–Kier alpha value is -3.56. The normalized spacial score (nSPS) is 22.8. The van der Waals surface area contributed by atoms with Gasteiger partial charge in [-0.05, 0) is 25.1 Å². The van der Waals surface area contributed by atoms with Crippen LogP contribution < -0.4 is 16.0 Å². The van der Waals surface area contributed by atoms with E-state index in [0.717, 1.165) is 6.07 Å². The smallest absolute Gasteiger partial charge is 0.382 e. The second kappa shape index (κ2) is 7.12. The highest BCUT2D eigenvalue weighted by Gasteiger charge is 2.35. The van der Waals surface area contributed by atoms with E-state index >= 15 is 0 Å². The molecule has 1 amide bonds. The van der Waals surface area contributed by atoms with Crippen molar-refractivity contribution in [3.8, 4) is 0 Å². The van der Waals surface area contributed by atoms with E-state index in [-0.39, 0.29) is 23.0 Å². The molecule has 0 radical (unpaired) electrons. The van der Waals surface area contributed by atoms with Crippen LogP contribution in [0.5, 0.6) is 0 Å². The van der Waals surface area contributed by atoms with Crippen LogP contribution in [0, 0.1) is 0 Å². The van der Waals surface area contributed by atoms with Crippen LogP contribution in [0.3, 0.4) is 0 Å². The van der Waals surface area contributed by atoms with E-state index in [1.165, 1.54) is 41.7 Å². The van der Waals surface area contributed by atoms with Gasteiger partial charge in [-0.3, -0.25) is 9.79 Å². The van der Waals surface area contributed by atoms with Gasteiger partial charge in [-0.15, -0.1) is 0 Å². The van der Waals surface area contributed by atoms with Crippen LogP contribution in [-0.2, 0) is 11.0 Å². The predicted octanol–water partition coefficient (Wildman–Crippen LogP) is 2.03. The van der Waals surface area contributed by atoms with Crippen LogP contribution in [0.4, 0.5) is 13.2 Å². The van der Waals surface area contributed by atoms with Crippen molar-refractivity contribution in [2.24, 2.45) is 10.1 Å². The van der Waals surface area contributed by atoms with Gasteiger partial charge in [-0.1, -0.05) is 18.2 Å². The van der Waals surface area contributed by atoms with Crippen molar-refractivity contribution in [2.75, 3.05) is 0 Å². The van der Waals surface area contributed by atoms with Gasteiger partial charge in [0.05, 0.1) is 17.3 Å². The first-order valence-corrected chi connectivity index (χ1v) is 8.83. The second-order valence-electron chi connectivity index (χ2n) is 6.59. The van der Waals surface area contributed by atoms with E-state index in [9.17, 15) is 18.0 Å². The summed E-state index contributed by atoms with van der Waals surface area (Å²) >= 11 is 0. The number of fused-ring (bicyclic) bond motifs is 1. The zero-order valence-electron chi connectivity index (χ0n) is 15.2. The predicted molar refractivity (Wildman–Crippen MR) is 101 cm³/mol. The average Bonchev–Trinajstić information content (AvgIpc) is 3.10. The van der Waals surface area contributed by atoms with Crippen LogP contribution in [0.2, 0.25) is 0 Å².